The Morgan fingerprint density at radius 3 is 2.43 bits per heavy atom. The van der Waals surface area contributed by atoms with Crippen molar-refractivity contribution in [3.8, 4) is 0 Å². The van der Waals surface area contributed by atoms with Gasteiger partial charge in [-0.25, -0.2) is 0 Å². The number of anilines is 1. The summed E-state index contributed by atoms with van der Waals surface area (Å²) < 4.78 is 0. The number of amides is 2. The molecule has 0 saturated carbocycles. The number of hydrogen-bond donors (Lipinski definition) is 1. The molecule has 0 spiro atoms. The molecular formula is C31H32N4O2. The topological polar surface area (TPSA) is 59.7 Å². The van der Waals surface area contributed by atoms with E-state index in [2.05, 4.69) is 48.0 Å². The summed E-state index contributed by atoms with van der Waals surface area (Å²) in [5, 5.41) is 1.05. The molecule has 37 heavy (non-hydrogen) atoms. The van der Waals surface area contributed by atoms with E-state index in [4.69, 9.17) is 0 Å². The third-order valence-corrected chi connectivity index (χ3v) is 8.08. The van der Waals surface area contributed by atoms with Crippen molar-refractivity contribution in [3.05, 3.63) is 101 Å². The minimum absolute atomic E-state index is 0.0466. The number of para-hydroxylation sites is 1. The van der Waals surface area contributed by atoms with Crippen molar-refractivity contribution >= 4 is 28.4 Å². The Morgan fingerprint density at radius 1 is 0.892 bits per heavy atom. The van der Waals surface area contributed by atoms with Crippen LogP contribution in [-0.4, -0.2) is 59.8 Å². The first-order chi connectivity index (χ1) is 17.9. The van der Waals surface area contributed by atoms with Crippen molar-refractivity contribution in [1.82, 2.24) is 14.8 Å². The van der Waals surface area contributed by atoms with E-state index in [0.717, 1.165) is 35.1 Å². The number of aromatic amines is 1. The number of likely N-dealkylation sites (N-methyl/N-ethyl adjacent to an activating group) is 1. The molecule has 6 rings (SSSR count). The van der Waals surface area contributed by atoms with Crippen molar-refractivity contribution in [2.75, 3.05) is 38.1 Å². The van der Waals surface area contributed by atoms with Crippen molar-refractivity contribution in [1.29, 1.82) is 0 Å². The van der Waals surface area contributed by atoms with Gasteiger partial charge < -0.3 is 19.7 Å². The maximum Gasteiger partial charge on any atom is 0.254 e. The highest BCUT2D eigenvalue weighted by molar-refractivity contribution is 6.02. The van der Waals surface area contributed by atoms with Gasteiger partial charge >= 0.3 is 0 Å². The number of fused-ring (bicyclic) bond motifs is 2. The Kier molecular flexibility index (Phi) is 5.75. The second kappa shape index (κ2) is 9.11. The van der Waals surface area contributed by atoms with E-state index >= 15 is 0 Å². The SMILES string of the molecule is Cc1ccc(C)c(N2CCN(C(=O)C3c4ccccc4C(=O)N(C)C3c3c[nH]c4ccccc34)CC2)c1. The van der Waals surface area contributed by atoms with Gasteiger partial charge in [0.2, 0.25) is 5.91 Å². The average molecular weight is 493 g/mol. The number of carbonyl (C=O) groups excluding carboxylic acids is 2. The van der Waals surface area contributed by atoms with Crippen LogP contribution in [0.2, 0.25) is 0 Å². The van der Waals surface area contributed by atoms with E-state index in [1.54, 1.807) is 4.90 Å². The molecular weight excluding hydrogens is 460 g/mol. The Bertz CT molecular complexity index is 1500. The molecule has 2 aliphatic rings. The number of piperazine rings is 1. The predicted molar refractivity (Wildman–Crippen MR) is 147 cm³/mol. The summed E-state index contributed by atoms with van der Waals surface area (Å²) in [6.45, 7) is 7.15. The van der Waals surface area contributed by atoms with Crippen LogP contribution >= 0.6 is 0 Å². The fourth-order valence-corrected chi connectivity index (χ4v) is 6.09. The summed E-state index contributed by atoms with van der Waals surface area (Å²) in [6, 6.07) is 21.8. The molecule has 1 N–H and O–H groups in total. The zero-order valence-electron chi connectivity index (χ0n) is 21.6. The number of benzene rings is 3. The third kappa shape index (κ3) is 3.88. The molecule has 2 unspecified atom stereocenters. The van der Waals surface area contributed by atoms with Crippen LogP contribution in [0.1, 0.15) is 44.6 Å². The average Bonchev–Trinajstić information content (AvgIpc) is 3.35. The molecule has 6 heteroatoms. The minimum atomic E-state index is -0.467. The number of rotatable bonds is 3. The lowest BCUT2D eigenvalue weighted by atomic mass is 9.79. The molecule has 1 aromatic heterocycles. The van der Waals surface area contributed by atoms with Gasteiger partial charge in [0.25, 0.3) is 5.91 Å². The van der Waals surface area contributed by atoms with Gasteiger partial charge in [0.15, 0.2) is 0 Å². The first kappa shape index (κ1) is 23.3. The zero-order chi connectivity index (χ0) is 25.7. The maximum absolute atomic E-state index is 14.3. The Hall–Kier alpha value is -4.06. The fraction of sp³-hybridized carbons (Fsp3) is 0.290. The predicted octanol–water partition coefficient (Wildman–Crippen LogP) is 5.04. The number of hydrogen-bond acceptors (Lipinski definition) is 3. The quantitative estimate of drug-likeness (QED) is 0.436. The van der Waals surface area contributed by atoms with Gasteiger partial charge in [0.05, 0.1) is 12.0 Å². The van der Waals surface area contributed by atoms with Crippen molar-refractivity contribution in [2.24, 2.45) is 0 Å². The van der Waals surface area contributed by atoms with Gasteiger partial charge in [-0.2, -0.15) is 0 Å². The standard InChI is InChI=1S/C31H32N4O2/c1-20-12-13-21(2)27(18-20)34-14-16-35(17-15-34)31(37)28-23-9-4-5-10-24(23)30(36)33(3)29(28)25-19-32-26-11-7-6-8-22(25)26/h4-13,18-19,28-29,32H,14-17H2,1-3H3. The number of aromatic nitrogens is 1. The highest BCUT2D eigenvalue weighted by atomic mass is 16.2. The van der Waals surface area contributed by atoms with Gasteiger partial charge in [-0.05, 0) is 48.7 Å². The first-order valence-electron chi connectivity index (χ1n) is 13.0. The molecule has 2 amide bonds. The molecule has 188 valence electrons. The fourth-order valence-electron chi connectivity index (χ4n) is 6.09. The van der Waals surface area contributed by atoms with Gasteiger partial charge in [-0.3, -0.25) is 9.59 Å². The molecule has 4 aromatic rings. The van der Waals surface area contributed by atoms with Crippen LogP contribution in [0.25, 0.3) is 10.9 Å². The van der Waals surface area contributed by atoms with Gasteiger partial charge in [-0.15, -0.1) is 0 Å². The Labute approximate surface area is 217 Å². The highest BCUT2D eigenvalue weighted by Gasteiger charge is 2.45. The molecule has 0 radical (unpaired) electrons. The smallest absolute Gasteiger partial charge is 0.254 e. The Morgan fingerprint density at radius 2 is 1.62 bits per heavy atom. The molecule has 2 aliphatic heterocycles. The van der Waals surface area contributed by atoms with Gasteiger partial charge in [-0.1, -0.05) is 48.5 Å². The maximum atomic E-state index is 14.3. The summed E-state index contributed by atoms with van der Waals surface area (Å²) in [5.41, 5.74) is 7.17. The first-order valence-corrected chi connectivity index (χ1v) is 13.0. The molecule has 1 saturated heterocycles. The van der Waals surface area contributed by atoms with Crippen LogP contribution < -0.4 is 4.90 Å². The van der Waals surface area contributed by atoms with Crippen LogP contribution in [0.5, 0.6) is 0 Å². The molecule has 1 fully saturated rings. The summed E-state index contributed by atoms with van der Waals surface area (Å²) in [7, 11) is 1.82. The molecule has 0 bridgehead atoms. The monoisotopic (exact) mass is 492 g/mol. The number of H-pyrrole nitrogens is 1. The second-order valence-corrected chi connectivity index (χ2v) is 10.3. The molecule has 6 nitrogen and oxygen atoms in total. The minimum Gasteiger partial charge on any atom is -0.368 e. The van der Waals surface area contributed by atoms with Crippen LogP contribution in [0.3, 0.4) is 0 Å². The van der Waals surface area contributed by atoms with E-state index in [0.29, 0.717) is 18.7 Å². The van der Waals surface area contributed by atoms with Crippen LogP contribution in [-0.2, 0) is 4.79 Å². The van der Waals surface area contributed by atoms with Gasteiger partial charge in [0.1, 0.15) is 0 Å². The van der Waals surface area contributed by atoms with E-state index < -0.39 is 5.92 Å². The normalized spacial score (nSPS) is 19.9. The van der Waals surface area contributed by atoms with Crippen LogP contribution in [0.15, 0.2) is 72.9 Å². The van der Waals surface area contributed by atoms with E-state index in [1.165, 1.54) is 16.8 Å². The third-order valence-electron chi connectivity index (χ3n) is 8.08. The summed E-state index contributed by atoms with van der Waals surface area (Å²) >= 11 is 0. The highest BCUT2D eigenvalue weighted by Crippen LogP contribution is 2.45. The van der Waals surface area contributed by atoms with Crippen molar-refractivity contribution in [2.45, 2.75) is 25.8 Å². The van der Waals surface area contributed by atoms with E-state index in [1.807, 2.05) is 60.6 Å². The van der Waals surface area contributed by atoms with Crippen LogP contribution in [0.4, 0.5) is 5.69 Å². The number of aryl methyl sites for hydroxylation is 2. The lowest BCUT2D eigenvalue weighted by molar-refractivity contribution is -0.134. The molecule has 2 atom stereocenters. The van der Waals surface area contributed by atoms with Gasteiger partial charge in [0, 0.05) is 67.1 Å². The number of nitrogens with one attached hydrogen (secondary N) is 1. The van der Waals surface area contributed by atoms with E-state index in [9.17, 15) is 9.59 Å². The summed E-state index contributed by atoms with van der Waals surface area (Å²) in [5.74, 6) is -0.428. The Balaban J connectivity index is 1.35. The lowest BCUT2D eigenvalue weighted by Gasteiger charge is -2.43. The molecule has 3 aromatic carbocycles. The molecule has 3 heterocycles. The van der Waals surface area contributed by atoms with Crippen molar-refractivity contribution in [3.63, 3.8) is 0 Å². The second-order valence-electron chi connectivity index (χ2n) is 10.3. The van der Waals surface area contributed by atoms with Crippen LogP contribution in [0, 0.1) is 13.8 Å². The zero-order valence-corrected chi connectivity index (χ0v) is 21.6. The van der Waals surface area contributed by atoms with Crippen molar-refractivity contribution < 1.29 is 9.59 Å². The number of carbonyl (C=O) groups is 2. The summed E-state index contributed by atoms with van der Waals surface area (Å²) in [4.78, 5) is 37.3. The number of nitrogens with zero attached hydrogens (tertiary/aromatic N) is 3. The summed E-state index contributed by atoms with van der Waals surface area (Å²) in [6.07, 6.45) is 1.96. The molecule has 0 aliphatic carbocycles. The van der Waals surface area contributed by atoms with E-state index in [-0.39, 0.29) is 17.9 Å². The largest absolute Gasteiger partial charge is 0.368 e. The lowest BCUT2D eigenvalue weighted by Crippen LogP contribution is -2.53.